The quantitative estimate of drug-likeness (QED) is 0.449. The van der Waals surface area contributed by atoms with Gasteiger partial charge in [-0.1, -0.05) is 37.3 Å². The summed E-state index contributed by atoms with van der Waals surface area (Å²) in [5, 5.41) is 3.39. The number of fused-ring (bicyclic) bond motifs is 1. The lowest BCUT2D eigenvalue weighted by molar-refractivity contribution is 0.568. The first-order chi connectivity index (χ1) is 13.8. The van der Waals surface area contributed by atoms with Gasteiger partial charge in [-0.25, -0.2) is 4.98 Å². The molecule has 7 heteroatoms. The van der Waals surface area contributed by atoms with E-state index >= 15 is 0 Å². The van der Waals surface area contributed by atoms with E-state index in [4.69, 9.17) is 15.1 Å². The van der Waals surface area contributed by atoms with Crippen LogP contribution in [-0.2, 0) is 13.0 Å². The Morgan fingerprint density at radius 3 is 2.68 bits per heavy atom. The van der Waals surface area contributed by atoms with Gasteiger partial charge in [0.1, 0.15) is 0 Å². The fraction of sp³-hybridized carbons (Fsp3) is 0.286. The summed E-state index contributed by atoms with van der Waals surface area (Å²) in [5.41, 5.74) is 8.75. The van der Waals surface area contributed by atoms with Crippen molar-refractivity contribution in [2.75, 3.05) is 17.6 Å². The fourth-order valence-electron chi connectivity index (χ4n) is 3.31. The number of furan rings is 1. The SMILES string of the molecule is CCCn1c(-c2ccco2)nc2c(NCCCc3ccccc3)nc(N)nc21. The number of hydrogen-bond acceptors (Lipinski definition) is 6. The third kappa shape index (κ3) is 3.69. The Balaban J connectivity index is 1.60. The second-order valence-corrected chi connectivity index (χ2v) is 6.68. The van der Waals surface area contributed by atoms with Crippen molar-refractivity contribution < 1.29 is 4.42 Å². The molecule has 0 spiro atoms. The van der Waals surface area contributed by atoms with E-state index in [9.17, 15) is 0 Å². The van der Waals surface area contributed by atoms with Crippen LogP contribution < -0.4 is 11.1 Å². The first-order valence-corrected chi connectivity index (χ1v) is 9.61. The highest BCUT2D eigenvalue weighted by Gasteiger charge is 2.19. The van der Waals surface area contributed by atoms with Crippen LogP contribution in [0.5, 0.6) is 0 Å². The van der Waals surface area contributed by atoms with Crippen LogP contribution in [0.15, 0.2) is 53.1 Å². The van der Waals surface area contributed by atoms with Crippen LogP contribution in [0.3, 0.4) is 0 Å². The third-order valence-corrected chi connectivity index (χ3v) is 4.58. The van der Waals surface area contributed by atoms with Crippen LogP contribution in [-0.4, -0.2) is 26.1 Å². The summed E-state index contributed by atoms with van der Waals surface area (Å²) >= 11 is 0. The zero-order valence-corrected chi connectivity index (χ0v) is 15.9. The number of hydrogen-bond donors (Lipinski definition) is 2. The summed E-state index contributed by atoms with van der Waals surface area (Å²) in [4.78, 5) is 13.6. The Bertz CT molecular complexity index is 1040. The van der Waals surface area contributed by atoms with Crippen molar-refractivity contribution in [3.05, 3.63) is 54.3 Å². The summed E-state index contributed by atoms with van der Waals surface area (Å²) in [5.74, 6) is 2.36. The standard InChI is InChI=1S/C21H24N6O/c1-2-13-27-19(16-11-7-14-28-16)24-17-18(25-21(22)26-20(17)27)23-12-6-10-15-8-4-3-5-9-15/h3-5,7-9,11,14H,2,6,10,12-13H2,1H3,(H3,22,23,25,26). The second kappa shape index (κ2) is 8.12. The number of nitrogens with two attached hydrogens (primary N) is 1. The molecule has 0 radical (unpaired) electrons. The minimum Gasteiger partial charge on any atom is -0.461 e. The molecule has 0 fully saturated rings. The normalized spacial score (nSPS) is 11.2. The molecule has 0 saturated heterocycles. The average Bonchev–Trinajstić information content (AvgIpc) is 3.35. The summed E-state index contributed by atoms with van der Waals surface area (Å²) < 4.78 is 7.61. The van der Waals surface area contributed by atoms with Gasteiger partial charge in [-0.2, -0.15) is 9.97 Å². The van der Waals surface area contributed by atoms with Crippen LogP contribution in [0, 0.1) is 0 Å². The summed E-state index contributed by atoms with van der Waals surface area (Å²) in [6.07, 6.45) is 4.58. The molecule has 28 heavy (non-hydrogen) atoms. The average molecular weight is 376 g/mol. The number of rotatable bonds is 8. The molecule has 1 aromatic carbocycles. The molecule has 0 amide bonds. The van der Waals surface area contributed by atoms with E-state index in [0.29, 0.717) is 17.1 Å². The van der Waals surface area contributed by atoms with Gasteiger partial charge >= 0.3 is 0 Å². The van der Waals surface area contributed by atoms with Crippen LogP contribution in [0.2, 0.25) is 0 Å². The predicted molar refractivity (Wildman–Crippen MR) is 111 cm³/mol. The van der Waals surface area contributed by atoms with Gasteiger partial charge in [0.2, 0.25) is 5.95 Å². The smallest absolute Gasteiger partial charge is 0.224 e. The first-order valence-electron chi connectivity index (χ1n) is 9.61. The van der Waals surface area contributed by atoms with Gasteiger partial charge in [0.25, 0.3) is 0 Å². The molecule has 3 aromatic heterocycles. The lowest BCUT2D eigenvalue weighted by atomic mass is 10.1. The van der Waals surface area contributed by atoms with E-state index in [-0.39, 0.29) is 5.95 Å². The molecule has 0 aliphatic carbocycles. The van der Waals surface area contributed by atoms with Gasteiger partial charge < -0.3 is 20.0 Å². The highest BCUT2D eigenvalue weighted by molar-refractivity contribution is 5.87. The Labute approximate surface area is 163 Å². The molecule has 3 heterocycles. The number of nitrogen functional groups attached to an aromatic ring is 1. The fourth-order valence-corrected chi connectivity index (χ4v) is 3.31. The molecular formula is C21H24N6O. The molecule has 0 saturated carbocycles. The number of nitrogens with one attached hydrogen (secondary N) is 1. The number of nitrogens with zero attached hydrogens (tertiary/aromatic N) is 4. The van der Waals surface area contributed by atoms with Crippen LogP contribution in [0.4, 0.5) is 11.8 Å². The van der Waals surface area contributed by atoms with Crippen molar-refractivity contribution in [3.63, 3.8) is 0 Å². The predicted octanol–water partition coefficient (Wildman–Crippen LogP) is 4.12. The molecule has 144 valence electrons. The van der Waals surface area contributed by atoms with Crippen molar-refractivity contribution in [1.82, 2.24) is 19.5 Å². The molecule has 0 bridgehead atoms. The third-order valence-electron chi connectivity index (χ3n) is 4.58. The van der Waals surface area contributed by atoms with Gasteiger partial charge in [-0.05, 0) is 37.0 Å². The molecule has 0 aliphatic heterocycles. The largest absolute Gasteiger partial charge is 0.461 e. The van der Waals surface area contributed by atoms with Crippen molar-refractivity contribution in [1.29, 1.82) is 0 Å². The van der Waals surface area contributed by atoms with E-state index in [1.54, 1.807) is 6.26 Å². The monoisotopic (exact) mass is 376 g/mol. The molecule has 4 aromatic rings. The second-order valence-electron chi connectivity index (χ2n) is 6.68. The Hall–Kier alpha value is -3.35. The highest BCUT2D eigenvalue weighted by Crippen LogP contribution is 2.28. The van der Waals surface area contributed by atoms with E-state index in [1.807, 2.05) is 22.8 Å². The Morgan fingerprint density at radius 1 is 1.07 bits per heavy atom. The van der Waals surface area contributed by atoms with E-state index in [2.05, 4.69) is 46.5 Å². The van der Waals surface area contributed by atoms with E-state index in [0.717, 1.165) is 43.8 Å². The lowest BCUT2D eigenvalue weighted by Gasteiger charge is -2.08. The molecular weight excluding hydrogens is 352 g/mol. The maximum Gasteiger partial charge on any atom is 0.224 e. The molecule has 0 unspecified atom stereocenters. The van der Waals surface area contributed by atoms with E-state index < -0.39 is 0 Å². The minimum absolute atomic E-state index is 0.237. The van der Waals surface area contributed by atoms with Gasteiger partial charge in [0.05, 0.1) is 6.26 Å². The van der Waals surface area contributed by atoms with Gasteiger partial charge in [0.15, 0.2) is 28.6 Å². The Morgan fingerprint density at radius 2 is 1.93 bits per heavy atom. The van der Waals surface area contributed by atoms with Crippen molar-refractivity contribution in [2.24, 2.45) is 0 Å². The molecule has 7 nitrogen and oxygen atoms in total. The summed E-state index contributed by atoms with van der Waals surface area (Å²) in [6, 6.07) is 14.2. The topological polar surface area (TPSA) is 94.8 Å². The van der Waals surface area contributed by atoms with Crippen molar-refractivity contribution >= 4 is 22.9 Å². The van der Waals surface area contributed by atoms with Gasteiger partial charge in [-0.3, -0.25) is 0 Å². The Kier molecular flexibility index (Phi) is 5.23. The first kappa shape index (κ1) is 18.0. The molecule has 0 atom stereocenters. The van der Waals surface area contributed by atoms with Crippen LogP contribution in [0.1, 0.15) is 25.3 Å². The van der Waals surface area contributed by atoms with Crippen LogP contribution >= 0.6 is 0 Å². The van der Waals surface area contributed by atoms with E-state index in [1.165, 1.54) is 5.56 Å². The highest BCUT2D eigenvalue weighted by atomic mass is 16.3. The van der Waals surface area contributed by atoms with Crippen molar-refractivity contribution in [2.45, 2.75) is 32.7 Å². The number of anilines is 2. The number of aromatic nitrogens is 4. The summed E-state index contributed by atoms with van der Waals surface area (Å²) in [6.45, 7) is 3.67. The maximum absolute atomic E-state index is 5.99. The number of imidazole rings is 1. The zero-order chi connectivity index (χ0) is 19.3. The van der Waals surface area contributed by atoms with Crippen molar-refractivity contribution in [3.8, 4) is 11.6 Å². The number of benzene rings is 1. The summed E-state index contributed by atoms with van der Waals surface area (Å²) in [7, 11) is 0. The molecule has 4 rings (SSSR count). The number of aryl methyl sites for hydroxylation is 2. The minimum atomic E-state index is 0.237. The maximum atomic E-state index is 5.99. The van der Waals surface area contributed by atoms with Gasteiger partial charge in [0, 0.05) is 13.1 Å². The lowest BCUT2D eigenvalue weighted by Crippen LogP contribution is -2.08. The molecule has 3 N–H and O–H groups in total. The van der Waals surface area contributed by atoms with Crippen LogP contribution in [0.25, 0.3) is 22.7 Å². The molecule has 0 aliphatic rings. The zero-order valence-electron chi connectivity index (χ0n) is 15.9. The van der Waals surface area contributed by atoms with Gasteiger partial charge in [-0.15, -0.1) is 0 Å².